The van der Waals surface area contributed by atoms with E-state index >= 15 is 0 Å². The van der Waals surface area contributed by atoms with Crippen molar-refractivity contribution < 1.29 is 9.47 Å². The van der Waals surface area contributed by atoms with Gasteiger partial charge in [-0.3, -0.25) is 0 Å². The lowest BCUT2D eigenvalue weighted by Crippen LogP contribution is -2.19. The highest BCUT2D eigenvalue weighted by Crippen LogP contribution is 2.23. The highest BCUT2D eigenvalue weighted by atomic mass is 79.9. The molecule has 0 saturated heterocycles. The van der Waals surface area contributed by atoms with Crippen LogP contribution in [0.4, 0.5) is 0 Å². The Bertz CT molecular complexity index is 432. The Morgan fingerprint density at radius 1 is 1.47 bits per heavy atom. The van der Waals surface area contributed by atoms with Crippen LogP contribution in [0.5, 0.6) is 5.75 Å². The van der Waals surface area contributed by atoms with Gasteiger partial charge < -0.3 is 14.8 Å². The molecule has 0 bridgehead atoms. The Balaban J connectivity index is 2.63. The molecular weight excluding hydrogens is 308 g/mol. The quantitative estimate of drug-likeness (QED) is 0.746. The average molecular weight is 327 g/mol. The predicted octanol–water partition coefficient (Wildman–Crippen LogP) is 2.87. The van der Waals surface area contributed by atoms with Crippen molar-refractivity contribution in [3.63, 3.8) is 0 Å². The van der Waals surface area contributed by atoms with Crippen molar-refractivity contribution in [2.75, 3.05) is 20.3 Å². The van der Waals surface area contributed by atoms with Crippen molar-refractivity contribution in [1.29, 1.82) is 5.26 Å². The number of ether oxygens (including phenoxy) is 2. The van der Waals surface area contributed by atoms with Gasteiger partial charge in [0.1, 0.15) is 11.8 Å². The molecule has 1 rings (SSSR count). The fourth-order valence-electron chi connectivity index (χ4n) is 1.52. The Morgan fingerprint density at radius 3 is 2.89 bits per heavy atom. The van der Waals surface area contributed by atoms with E-state index in [1.165, 1.54) is 0 Å². The van der Waals surface area contributed by atoms with Gasteiger partial charge >= 0.3 is 0 Å². The summed E-state index contributed by atoms with van der Waals surface area (Å²) in [6.07, 6.45) is 0.282. The lowest BCUT2D eigenvalue weighted by atomic mass is 10.2. The number of halogens is 1. The smallest absolute Gasteiger partial charge is 0.184 e. The average Bonchev–Trinajstić information content (AvgIpc) is 2.43. The van der Waals surface area contributed by atoms with E-state index < -0.39 is 6.10 Å². The van der Waals surface area contributed by atoms with Gasteiger partial charge in [0.25, 0.3) is 0 Å². The molecular formula is C14H19BrN2O2. The highest BCUT2D eigenvalue weighted by Gasteiger charge is 2.08. The summed E-state index contributed by atoms with van der Waals surface area (Å²) in [6, 6.07) is 7.88. The lowest BCUT2D eigenvalue weighted by molar-refractivity contribution is 0.199. The zero-order valence-electron chi connectivity index (χ0n) is 11.3. The second kappa shape index (κ2) is 8.92. The largest absolute Gasteiger partial charge is 0.476 e. The minimum Gasteiger partial charge on any atom is -0.476 e. The summed E-state index contributed by atoms with van der Waals surface area (Å²) in [6.45, 7) is 4.13. The van der Waals surface area contributed by atoms with Gasteiger partial charge in [-0.05, 0) is 30.2 Å². The summed E-state index contributed by atoms with van der Waals surface area (Å²) in [5.74, 6) is 0.722. The molecule has 0 aliphatic rings. The topological polar surface area (TPSA) is 54.3 Å². The molecule has 0 aromatic heterocycles. The summed E-state index contributed by atoms with van der Waals surface area (Å²) in [5.41, 5.74) is 1.10. The standard InChI is InChI=1S/C14H19BrN2O2/c1-3-12(9-16)19-13-4-5-14(15)11(8-13)10-17-6-7-18-2/h4-5,8,12,17H,3,6-7,10H2,1-2H3. The molecule has 104 valence electrons. The van der Waals surface area contributed by atoms with Gasteiger partial charge in [-0.15, -0.1) is 0 Å². The Morgan fingerprint density at radius 2 is 2.26 bits per heavy atom. The first kappa shape index (κ1) is 16.0. The third-order valence-electron chi connectivity index (χ3n) is 2.61. The summed E-state index contributed by atoms with van der Waals surface area (Å²) in [5, 5.41) is 12.2. The van der Waals surface area contributed by atoms with Gasteiger partial charge in [0.05, 0.1) is 6.61 Å². The molecule has 1 aromatic rings. The van der Waals surface area contributed by atoms with Gasteiger partial charge in [-0.2, -0.15) is 5.26 Å². The molecule has 0 heterocycles. The van der Waals surface area contributed by atoms with Crippen LogP contribution in [0.2, 0.25) is 0 Å². The predicted molar refractivity (Wildman–Crippen MR) is 78.0 cm³/mol. The van der Waals surface area contributed by atoms with Gasteiger partial charge in [0, 0.05) is 24.7 Å². The minimum absolute atomic E-state index is 0.393. The maximum Gasteiger partial charge on any atom is 0.184 e. The van der Waals surface area contributed by atoms with Crippen LogP contribution in [0.15, 0.2) is 22.7 Å². The van der Waals surface area contributed by atoms with Crippen molar-refractivity contribution in [1.82, 2.24) is 5.32 Å². The molecule has 0 aliphatic heterocycles. The molecule has 0 amide bonds. The van der Waals surface area contributed by atoms with Gasteiger partial charge in [-0.1, -0.05) is 22.9 Å². The maximum atomic E-state index is 8.90. The lowest BCUT2D eigenvalue weighted by Gasteiger charge is -2.13. The van der Waals surface area contributed by atoms with Gasteiger partial charge in [0.15, 0.2) is 6.10 Å². The van der Waals surface area contributed by atoms with Crippen LogP contribution in [0.1, 0.15) is 18.9 Å². The fourth-order valence-corrected chi connectivity index (χ4v) is 1.91. The van der Waals surface area contributed by atoms with E-state index in [2.05, 4.69) is 27.3 Å². The van der Waals surface area contributed by atoms with E-state index in [4.69, 9.17) is 14.7 Å². The third-order valence-corrected chi connectivity index (χ3v) is 3.38. The fraction of sp³-hybridized carbons (Fsp3) is 0.500. The number of rotatable bonds is 8. The van der Waals surface area contributed by atoms with Crippen molar-refractivity contribution in [2.45, 2.75) is 26.0 Å². The van der Waals surface area contributed by atoms with Gasteiger partial charge in [0.2, 0.25) is 0 Å². The number of benzene rings is 1. The maximum absolute atomic E-state index is 8.90. The third kappa shape index (κ3) is 5.60. The Kier molecular flexibility index (Phi) is 7.49. The van der Waals surface area contributed by atoms with Crippen molar-refractivity contribution >= 4 is 15.9 Å². The number of hydrogen-bond acceptors (Lipinski definition) is 4. The van der Waals surface area contributed by atoms with E-state index in [0.717, 1.165) is 28.9 Å². The zero-order valence-corrected chi connectivity index (χ0v) is 12.9. The summed E-state index contributed by atoms with van der Waals surface area (Å²) >= 11 is 3.51. The molecule has 1 aromatic carbocycles. The molecule has 19 heavy (non-hydrogen) atoms. The van der Waals surface area contributed by atoms with Gasteiger partial charge in [-0.25, -0.2) is 0 Å². The van der Waals surface area contributed by atoms with Crippen LogP contribution < -0.4 is 10.1 Å². The van der Waals surface area contributed by atoms with E-state index in [1.807, 2.05) is 25.1 Å². The molecule has 0 radical (unpaired) electrons. The molecule has 4 nitrogen and oxygen atoms in total. The Hall–Kier alpha value is -1.09. The van der Waals surface area contributed by atoms with Crippen molar-refractivity contribution in [3.8, 4) is 11.8 Å². The second-order valence-corrected chi connectivity index (χ2v) is 4.92. The Labute approximate surface area is 122 Å². The second-order valence-electron chi connectivity index (χ2n) is 4.07. The number of methoxy groups -OCH3 is 1. The highest BCUT2D eigenvalue weighted by molar-refractivity contribution is 9.10. The van der Waals surface area contributed by atoms with Crippen LogP contribution >= 0.6 is 15.9 Å². The van der Waals surface area contributed by atoms with Crippen LogP contribution in [0.3, 0.4) is 0 Å². The molecule has 0 aliphatic carbocycles. The molecule has 0 fully saturated rings. The van der Waals surface area contributed by atoms with Crippen LogP contribution in [-0.2, 0) is 11.3 Å². The number of nitrogens with one attached hydrogen (secondary N) is 1. The van der Waals surface area contributed by atoms with Crippen molar-refractivity contribution in [3.05, 3.63) is 28.2 Å². The van der Waals surface area contributed by atoms with Crippen molar-refractivity contribution in [2.24, 2.45) is 0 Å². The van der Waals surface area contributed by atoms with E-state index in [-0.39, 0.29) is 0 Å². The molecule has 0 saturated carbocycles. The molecule has 0 spiro atoms. The first-order valence-corrected chi connectivity index (χ1v) is 7.05. The monoisotopic (exact) mass is 326 g/mol. The first-order chi connectivity index (χ1) is 9.21. The molecule has 1 unspecified atom stereocenters. The summed E-state index contributed by atoms with van der Waals surface area (Å²) in [7, 11) is 1.68. The van der Waals surface area contributed by atoms with E-state index in [0.29, 0.717) is 13.0 Å². The summed E-state index contributed by atoms with van der Waals surface area (Å²) < 4.78 is 11.6. The van der Waals surface area contributed by atoms with Crippen LogP contribution in [0.25, 0.3) is 0 Å². The number of hydrogen-bond donors (Lipinski definition) is 1. The SMILES string of the molecule is CCC(C#N)Oc1ccc(Br)c(CNCCOC)c1. The molecule has 1 atom stereocenters. The first-order valence-electron chi connectivity index (χ1n) is 6.25. The number of nitriles is 1. The van der Waals surface area contributed by atoms with Crippen LogP contribution in [-0.4, -0.2) is 26.4 Å². The summed E-state index contributed by atoms with van der Waals surface area (Å²) in [4.78, 5) is 0. The van der Waals surface area contributed by atoms with Crippen LogP contribution in [0, 0.1) is 11.3 Å². The minimum atomic E-state index is -0.393. The normalized spacial score (nSPS) is 11.9. The van der Waals surface area contributed by atoms with E-state index in [9.17, 15) is 0 Å². The zero-order chi connectivity index (χ0) is 14.1. The molecule has 1 N–H and O–H groups in total. The molecule has 5 heteroatoms. The number of nitrogens with zero attached hydrogens (tertiary/aromatic N) is 1. The van der Waals surface area contributed by atoms with E-state index in [1.54, 1.807) is 7.11 Å².